The van der Waals surface area contributed by atoms with Crippen LogP contribution in [0.3, 0.4) is 0 Å². The molecule has 0 bridgehead atoms. The van der Waals surface area contributed by atoms with E-state index in [1.165, 1.54) is 6.07 Å². The molecular formula is C14H18FNO2. The van der Waals surface area contributed by atoms with Crippen molar-refractivity contribution in [2.75, 3.05) is 13.1 Å². The van der Waals surface area contributed by atoms with Crippen molar-refractivity contribution in [2.45, 2.75) is 25.7 Å². The van der Waals surface area contributed by atoms with Gasteiger partial charge in [-0.3, -0.25) is 4.79 Å². The van der Waals surface area contributed by atoms with E-state index in [0.717, 1.165) is 5.56 Å². The van der Waals surface area contributed by atoms with E-state index in [4.69, 9.17) is 0 Å². The lowest BCUT2D eigenvalue weighted by Gasteiger charge is -2.40. The van der Waals surface area contributed by atoms with E-state index in [0.29, 0.717) is 25.1 Å². The summed E-state index contributed by atoms with van der Waals surface area (Å²) in [7, 11) is 0. The molecule has 1 fully saturated rings. The molecule has 1 aromatic carbocycles. The van der Waals surface area contributed by atoms with Crippen LogP contribution in [0.1, 0.15) is 24.5 Å². The van der Waals surface area contributed by atoms with E-state index in [1.54, 1.807) is 19.1 Å². The molecule has 1 saturated heterocycles. The molecule has 0 spiro atoms. The van der Waals surface area contributed by atoms with Crippen LogP contribution >= 0.6 is 0 Å². The van der Waals surface area contributed by atoms with Gasteiger partial charge >= 0.3 is 5.97 Å². The molecule has 2 rings (SSSR count). The lowest BCUT2D eigenvalue weighted by atomic mass is 9.66. The average molecular weight is 251 g/mol. The molecule has 98 valence electrons. The van der Waals surface area contributed by atoms with Gasteiger partial charge in [-0.1, -0.05) is 19.1 Å². The van der Waals surface area contributed by atoms with Crippen molar-refractivity contribution in [2.24, 2.45) is 5.92 Å². The van der Waals surface area contributed by atoms with E-state index in [1.807, 2.05) is 6.92 Å². The first-order chi connectivity index (χ1) is 8.48. The predicted molar refractivity (Wildman–Crippen MR) is 67.1 cm³/mol. The highest BCUT2D eigenvalue weighted by atomic mass is 19.1. The second-order valence-corrected chi connectivity index (χ2v) is 5.11. The summed E-state index contributed by atoms with van der Waals surface area (Å²) in [6.07, 6.45) is 0.420. The Morgan fingerprint density at radius 3 is 2.83 bits per heavy atom. The topological polar surface area (TPSA) is 49.3 Å². The fourth-order valence-electron chi connectivity index (χ4n) is 2.84. The minimum atomic E-state index is -1.11. The molecule has 18 heavy (non-hydrogen) atoms. The average Bonchev–Trinajstić information content (AvgIpc) is 2.30. The summed E-state index contributed by atoms with van der Waals surface area (Å²) < 4.78 is 14.1. The number of nitrogens with one attached hydrogen (secondary N) is 1. The molecule has 4 heteroatoms. The van der Waals surface area contributed by atoms with Gasteiger partial charge < -0.3 is 10.4 Å². The third-order valence-electron chi connectivity index (χ3n) is 3.97. The monoisotopic (exact) mass is 251 g/mol. The molecule has 1 aromatic rings. The number of hydrogen-bond donors (Lipinski definition) is 2. The van der Waals surface area contributed by atoms with Crippen LogP contribution in [0.4, 0.5) is 4.39 Å². The number of hydrogen-bond acceptors (Lipinski definition) is 2. The Morgan fingerprint density at radius 1 is 1.56 bits per heavy atom. The van der Waals surface area contributed by atoms with Crippen LogP contribution in [-0.4, -0.2) is 24.2 Å². The minimum absolute atomic E-state index is 0.138. The molecule has 2 N–H and O–H groups in total. The number of carbonyl (C=O) groups is 1. The third-order valence-corrected chi connectivity index (χ3v) is 3.97. The highest BCUT2D eigenvalue weighted by Crippen LogP contribution is 2.39. The smallest absolute Gasteiger partial charge is 0.314 e. The summed E-state index contributed by atoms with van der Waals surface area (Å²) in [5.41, 5.74) is 0.0104. The molecule has 0 unspecified atom stereocenters. The van der Waals surface area contributed by atoms with Crippen molar-refractivity contribution in [3.05, 3.63) is 35.1 Å². The first kappa shape index (κ1) is 13.0. The molecule has 2 atom stereocenters. The van der Waals surface area contributed by atoms with E-state index >= 15 is 0 Å². The summed E-state index contributed by atoms with van der Waals surface area (Å²) in [4.78, 5) is 11.7. The molecule has 0 amide bonds. The zero-order chi connectivity index (χ0) is 13.3. The van der Waals surface area contributed by atoms with Crippen LogP contribution in [0.15, 0.2) is 18.2 Å². The maximum Gasteiger partial charge on any atom is 0.314 e. The number of halogens is 1. The Morgan fingerprint density at radius 2 is 2.28 bits per heavy atom. The van der Waals surface area contributed by atoms with E-state index < -0.39 is 17.2 Å². The fraction of sp³-hybridized carbons (Fsp3) is 0.500. The number of carboxylic acid groups (broad SMARTS) is 1. The van der Waals surface area contributed by atoms with Crippen molar-refractivity contribution >= 4 is 5.97 Å². The maximum atomic E-state index is 14.1. The van der Waals surface area contributed by atoms with Gasteiger partial charge in [0, 0.05) is 5.56 Å². The number of aliphatic carboxylic acids is 1. The van der Waals surface area contributed by atoms with Crippen LogP contribution in [0.2, 0.25) is 0 Å². The normalized spacial score (nSPS) is 28.1. The lowest BCUT2D eigenvalue weighted by Crippen LogP contribution is -2.52. The second-order valence-electron chi connectivity index (χ2n) is 5.11. The Bertz CT molecular complexity index is 475. The number of piperidine rings is 1. The van der Waals surface area contributed by atoms with Crippen molar-refractivity contribution in [1.29, 1.82) is 0 Å². The van der Waals surface area contributed by atoms with Gasteiger partial charge in [-0.05, 0) is 44.0 Å². The largest absolute Gasteiger partial charge is 0.481 e. The number of carboxylic acids is 1. The van der Waals surface area contributed by atoms with Crippen LogP contribution in [0.5, 0.6) is 0 Å². The van der Waals surface area contributed by atoms with Crippen molar-refractivity contribution in [1.82, 2.24) is 5.32 Å². The van der Waals surface area contributed by atoms with Crippen molar-refractivity contribution in [3.8, 4) is 0 Å². The van der Waals surface area contributed by atoms with Crippen LogP contribution in [-0.2, 0) is 10.2 Å². The fourth-order valence-corrected chi connectivity index (χ4v) is 2.84. The molecule has 0 radical (unpaired) electrons. The zero-order valence-electron chi connectivity index (χ0n) is 10.7. The first-order valence-corrected chi connectivity index (χ1v) is 6.19. The van der Waals surface area contributed by atoms with Crippen LogP contribution in [0, 0.1) is 18.7 Å². The first-order valence-electron chi connectivity index (χ1n) is 6.19. The number of aryl methyl sites for hydroxylation is 1. The summed E-state index contributed by atoms with van der Waals surface area (Å²) in [6, 6.07) is 4.81. The predicted octanol–water partition coefficient (Wildman–Crippen LogP) is 2.09. The quantitative estimate of drug-likeness (QED) is 0.846. The van der Waals surface area contributed by atoms with Crippen molar-refractivity contribution in [3.63, 3.8) is 0 Å². The van der Waals surface area contributed by atoms with E-state index in [2.05, 4.69) is 5.32 Å². The molecule has 3 nitrogen and oxygen atoms in total. The molecular weight excluding hydrogens is 233 g/mol. The summed E-state index contributed by atoms with van der Waals surface area (Å²) >= 11 is 0. The summed E-state index contributed by atoms with van der Waals surface area (Å²) in [5.74, 6) is -1.48. The molecule has 0 aliphatic carbocycles. The van der Waals surface area contributed by atoms with Gasteiger partial charge in [0.25, 0.3) is 0 Å². The Hall–Kier alpha value is -1.42. The maximum absolute atomic E-state index is 14.1. The SMILES string of the molecule is Cc1ccc([C@]2(C(=O)O)CCNC[C@@H]2C)c(F)c1. The molecule has 1 aliphatic heterocycles. The minimum Gasteiger partial charge on any atom is -0.481 e. The third kappa shape index (κ3) is 1.90. The van der Waals surface area contributed by atoms with Crippen LogP contribution in [0.25, 0.3) is 0 Å². The number of rotatable bonds is 2. The second kappa shape index (κ2) is 4.69. The highest BCUT2D eigenvalue weighted by molar-refractivity contribution is 5.82. The van der Waals surface area contributed by atoms with Gasteiger partial charge in [0.2, 0.25) is 0 Å². The number of benzene rings is 1. The standard InChI is InChI=1S/C14H18FNO2/c1-9-3-4-11(12(15)7-9)14(13(17)18)5-6-16-8-10(14)2/h3-4,7,10,16H,5-6,8H2,1-2H3,(H,17,18)/t10-,14-/m0/s1. The van der Waals surface area contributed by atoms with Gasteiger partial charge in [0.15, 0.2) is 0 Å². The lowest BCUT2D eigenvalue weighted by molar-refractivity contribution is -0.147. The van der Waals surface area contributed by atoms with Gasteiger partial charge in [-0.25, -0.2) is 4.39 Å². The van der Waals surface area contributed by atoms with Crippen LogP contribution < -0.4 is 5.32 Å². The van der Waals surface area contributed by atoms with Gasteiger partial charge in [-0.2, -0.15) is 0 Å². The molecule has 1 heterocycles. The molecule has 0 aromatic heterocycles. The molecule has 1 aliphatic rings. The van der Waals surface area contributed by atoms with Gasteiger partial charge in [0.05, 0.1) is 0 Å². The Kier molecular flexibility index (Phi) is 3.39. The van der Waals surface area contributed by atoms with Gasteiger partial charge in [-0.15, -0.1) is 0 Å². The van der Waals surface area contributed by atoms with Gasteiger partial charge in [0.1, 0.15) is 11.2 Å². The Balaban J connectivity index is 2.56. The highest BCUT2D eigenvalue weighted by Gasteiger charge is 2.48. The summed E-state index contributed by atoms with van der Waals surface area (Å²) in [5, 5.41) is 12.8. The zero-order valence-corrected chi connectivity index (χ0v) is 10.7. The van der Waals surface area contributed by atoms with E-state index in [9.17, 15) is 14.3 Å². The van der Waals surface area contributed by atoms with E-state index in [-0.39, 0.29) is 5.92 Å². The summed E-state index contributed by atoms with van der Waals surface area (Å²) in [6.45, 7) is 4.86. The Labute approximate surface area is 106 Å². The molecule has 0 saturated carbocycles. The van der Waals surface area contributed by atoms with Crippen molar-refractivity contribution < 1.29 is 14.3 Å².